The highest BCUT2D eigenvalue weighted by Crippen LogP contribution is 2.25. The predicted molar refractivity (Wildman–Crippen MR) is 72.0 cm³/mol. The van der Waals surface area contributed by atoms with E-state index in [1.54, 1.807) is 0 Å². The molecule has 1 aromatic carbocycles. The lowest BCUT2D eigenvalue weighted by molar-refractivity contribution is 0.223. The summed E-state index contributed by atoms with van der Waals surface area (Å²) >= 11 is 0. The van der Waals surface area contributed by atoms with E-state index in [1.807, 2.05) is 6.08 Å². The third kappa shape index (κ3) is 4.01. The molecule has 92 valence electrons. The second-order valence-corrected chi connectivity index (χ2v) is 5.19. The van der Waals surface area contributed by atoms with Crippen LogP contribution in [0, 0.1) is 12.8 Å². The van der Waals surface area contributed by atoms with E-state index in [-0.39, 0.29) is 6.10 Å². The third-order valence-corrected chi connectivity index (χ3v) is 3.53. The molecule has 1 heteroatoms. The Labute approximate surface area is 104 Å². The fourth-order valence-corrected chi connectivity index (χ4v) is 2.58. The molecule has 1 nitrogen and oxygen atoms in total. The number of hydrogen-bond acceptors (Lipinski definition) is 1. The summed E-state index contributed by atoms with van der Waals surface area (Å²) in [5.41, 5.74) is 2.48. The lowest BCUT2D eigenvalue weighted by Gasteiger charge is -2.08. The van der Waals surface area contributed by atoms with Crippen molar-refractivity contribution in [3.8, 4) is 0 Å². The Morgan fingerprint density at radius 2 is 2.12 bits per heavy atom. The first-order valence-electron chi connectivity index (χ1n) is 6.66. The average Bonchev–Trinajstić information content (AvgIpc) is 2.79. The molecule has 1 aliphatic rings. The Hall–Kier alpha value is -1.08. The van der Waals surface area contributed by atoms with Crippen LogP contribution in [0.3, 0.4) is 0 Å². The van der Waals surface area contributed by atoms with Crippen molar-refractivity contribution in [1.82, 2.24) is 0 Å². The number of rotatable bonds is 4. The van der Waals surface area contributed by atoms with Crippen LogP contribution in [-0.4, -0.2) is 11.2 Å². The maximum atomic E-state index is 9.97. The Balaban J connectivity index is 1.86. The van der Waals surface area contributed by atoms with Crippen molar-refractivity contribution < 1.29 is 5.11 Å². The van der Waals surface area contributed by atoms with Gasteiger partial charge in [0, 0.05) is 6.42 Å². The van der Waals surface area contributed by atoms with Crippen LogP contribution < -0.4 is 0 Å². The van der Waals surface area contributed by atoms with Crippen LogP contribution in [0.1, 0.15) is 36.8 Å². The first kappa shape index (κ1) is 12.4. The van der Waals surface area contributed by atoms with Crippen LogP contribution in [0.25, 0.3) is 0 Å². The highest BCUT2D eigenvalue weighted by molar-refractivity contribution is 5.23. The van der Waals surface area contributed by atoms with Gasteiger partial charge in [0.15, 0.2) is 0 Å². The minimum Gasteiger partial charge on any atom is -0.389 e. The molecule has 0 aliphatic heterocycles. The summed E-state index contributed by atoms with van der Waals surface area (Å²) in [6.07, 6.45) is 9.89. The number of aliphatic hydroxyl groups is 1. The van der Waals surface area contributed by atoms with E-state index < -0.39 is 0 Å². The van der Waals surface area contributed by atoms with Gasteiger partial charge in [-0.05, 0) is 31.2 Å². The lowest BCUT2D eigenvalue weighted by atomic mass is 10.0. The average molecular weight is 230 g/mol. The molecule has 1 saturated carbocycles. The molecule has 17 heavy (non-hydrogen) atoms. The highest BCUT2D eigenvalue weighted by Gasteiger charge is 2.12. The number of hydrogen-bond donors (Lipinski definition) is 1. The topological polar surface area (TPSA) is 20.2 Å². The van der Waals surface area contributed by atoms with Crippen LogP contribution in [-0.2, 0) is 6.42 Å². The summed E-state index contributed by atoms with van der Waals surface area (Å²) in [7, 11) is 0. The van der Waals surface area contributed by atoms with Gasteiger partial charge >= 0.3 is 0 Å². The van der Waals surface area contributed by atoms with Gasteiger partial charge in [-0.2, -0.15) is 0 Å². The van der Waals surface area contributed by atoms with Crippen molar-refractivity contribution in [3.05, 3.63) is 47.5 Å². The highest BCUT2D eigenvalue weighted by atomic mass is 16.3. The molecule has 0 bridgehead atoms. The van der Waals surface area contributed by atoms with E-state index >= 15 is 0 Å². The molecule has 1 unspecified atom stereocenters. The molecule has 1 fully saturated rings. The number of aliphatic hydroxyl groups excluding tert-OH is 1. The van der Waals surface area contributed by atoms with Crippen molar-refractivity contribution in [2.45, 2.75) is 45.1 Å². The van der Waals surface area contributed by atoms with Gasteiger partial charge in [0.25, 0.3) is 0 Å². The normalized spacial score (nSPS) is 18.9. The van der Waals surface area contributed by atoms with Gasteiger partial charge in [-0.3, -0.25) is 0 Å². The molecule has 2 rings (SSSR count). The molecule has 0 aromatic heterocycles. The summed E-state index contributed by atoms with van der Waals surface area (Å²) in [5, 5.41) is 9.97. The lowest BCUT2D eigenvalue weighted by Crippen LogP contribution is -2.07. The van der Waals surface area contributed by atoms with E-state index in [0.717, 1.165) is 6.42 Å². The zero-order valence-corrected chi connectivity index (χ0v) is 10.6. The molecule has 1 aliphatic carbocycles. The largest absolute Gasteiger partial charge is 0.389 e. The maximum absolute atomic E-state index is 9.97. The smallest absolute Gasteiger partial charge is 0.0761 e. The zero-order chi connectivity index (χ0) is 12.1. The van der Waals surface area contributed by atoms with Crippen LogP contribution >= 0.6 is 0 Å². The maximum Gasteiger partial charge on any atom is 0.0761 e. The monoisotopic (exact) mass is 230 g/mol. The van der Waals surface area contributed by atoms with E-state index in [2.05, 4.69) is 37.3 Å². The minimum absolute atomic E-state index is 0.336. The molecule has 0 spiro atoms. The summed E-state index contributed by atoms with van der Waals surface area (Å²) in [5.74, 6) is 0.710. The van der Waals surface area contributed by atoms with Crippen molar-refractivity contribution >= 4 is 0 Å². The van der Waals surface area contributed by atoms with Crippen LogP contribution in [0.5, 0.6) is 0 Å². The Bertz CT molecular complexity index is 375. The van der Waals surface area contributed by atoms with Gasteiger partial charge in [-0.15, -0.1) is 0 Å². The Morgan fingerprint density at radius 1 is 1.35 bits per heavy atom. The van der Waals surface area contributed by atoms with Gasteiger partial charge < -0.3 is 5.11 Å². The third-order valence-electron chi connectivity index (χ3n) is 3.53. The molecule has 1 aromatic rings. The standard InChI is InChI=1S/C16H22O/c1-13-5-4-8-15(11-13)12-16(17)10-9-14-6-2-3-7-14/h4-5,8-11,14,16-17H,2-3,6-7,12H2,1H3/b10-9+. The second kappa shape index (κ2) is 6.02. The van der Waals surface area contributed by atoms with E-state index in [4.69, 9.17) is 0 Å². The van der Waals surface area contributed by atoms with Crippen LogP contribution in [0.2, 0.25) is 0 Å². The van der Waals surface area contributed by atoms with E-state index in [1.165, 1.54) is 36.8 Å². The minimum atomic E-state index is -0.336. The fraction of sp³-hybridized carbons (Fsp3) is 0.500. The van der Waals surface area contributed by atoms with E-state index in [0.29, 0.717) is 5.92 Å². The van der Waals surface area contributed by atoms with Gasteiger partial charge in [0.2, 0.25) is 0 Å². The number of allylic oxidation sites excluding steroid dienone is 1. The SMILES string of the molecule is Cc1cccc(CC(O)/C=C/C2CCCC2)c1. The van der Waals surface area contributed by atoms with Crippen molar-refractivity contribution in [2.24, 2.45) is 5.92 Å². The molecule has 0 amide bonds. The quantitative estimate of drug-likeness (QED) is 0.783. The van der Waals surface area contributed by atoms with Crippen molar-refractivity contribution in [3.63, 3.8) is 0 Å². The fourth-order valence-electron chi connectivity index (χ4n) is 2.58. The Morgan fingerprint density at radius 3 is 2.82 bits per heavy atom. The summed E-state index contributed by atoms with van der Waals surface area (Å²) in [6.45, 7) is 2.09. The van der Waals surface area contributed by atoms with Crippen molar-refractivity contribution in [1.29, 1.82) is 0 Å². The summed E-state index contributed by atoms with van der Waals surface area (Å²) < 4.78 is 0. The van der Waals surface area contributed by atoms with Crippen molar-refractivity contribution in [2.75, 3.05) is 0 Å². The van der Waals surface area contributed by atoms with Crippen LogP contribution in [0.15, 0.2) is 36.4 Å². The van der Waals surface area contributed by atoms with Gasteiger partial charge in [0.05, 0.1) is 6.10 Å². The Kier molecular flexibility index (Phi) is 4.38. The summed E-state index contributed by atoms with van der Waals surface area (Å²) in [6, 6.07) is 8.37. The number of aryl methyl sites for hydroxylation is 1. The zero-order valence-electron chi connectivity index (χ0n) is 10.6. The van der Waals surface area contributed by atoms with Crippen LogP contribution in [0.4, 0.5) is 0 Å². The first-order chi connectivity index (χ1) is 8.24. The molecular weight excluding hydrogens is 208 g/mol. The molecule has 0 radical (unpaired) electrons. The van der Waals surface area contributed by atoms with Gasteiger partial charge in [0.1, 0.15) is 0 Å². The second-order valence-electron chi connectivity index (χ2n) is 5.19. The molecule has 1 atom stereocenters. The summed E-state index contributed by atoms with van der Waals surface area (Å²) in [4.78, 5) is 0. The first-order valence-corrected chi connectivity index (χ1v) is 6.66. The van der Waals surface area contributed by atoms with Gasteiger partial charge in [-0.1, -0.05) is 54.8 Å². The molecule has 1 N–H and O–H groups in total. The predicted octanol–water partition coefficient (Wildman–Crippen LogP) is 3.64. The van der Waals surface area contributed by atoms with Gasteiger partial charge in [-0.25, -0.2) is 0 Å². The molecule has 0 saturated heterocycles. The molecular formula is C16H22O. The number of benzene rings is 1. The van der Waals surface area contributed by atoms with E-state index in [9.17, 15) is 5.11 Å². The molecule has 0 heterocycles.